The lowest BCUT2D eigenvalue weighted by Crippen LogP contribution is -2.58. The van der Waals surface area contributed by atoms with Gasteiger partial charge in [-0.1, -0.05) is 51.4 Å². The maximum Gasteiger partial charge on any atom is 0.243 e. The minimum atomic E-state index is -0.929. The predicted molar refractivity (Wildman–Crippen MR) is 157 cm³/mol. The predicted octanol–water partition coefficient (Wildman–Crippen LogP) is 2.48. The van der Waals surface area contributed by atoms with E-state index in [1.165, 1.54) is 70.6 Å². The lowest BCUT2D eigenvalue weighted by atomic mass is 9.83. The first kappa shape index (κ1) is 30.7. The highest BCUT2D eigenvalue weighted by Crippen LogP contribution is 2.34. The van der Waals surface area contributed by atoms with Crippen LogP contribution in [0.1, 0.15) is 110 Å². The third-order valence-corrected chi connectivity index (χ3v) is 10.3. The first-order chi connectivity index (χ1) is 19.9. The molecule has 0 spiro atoms. The molecule has 10 nitrogen and oxygen atoms in total. The molecule has 0 aromatic rings. The van der Waals surface area contributed by atoms with E-state index < -0.39 is 12.1 Å². The van der Waals surface area contributed by atoms with Gasteiger partial charge in [-0.05, 0) is 57.8 Å². The Morgan fingerprint density at radius 2 is 1.68 bits per heavy atom. The maximum absolute atomic E-state index is 13.7. The van der Waals surface area contributed by atoms with Gasteiger partial charge in [-0.2, -0.15) is 5.48 Å². The SMILES string of the molecule is CC1CC(C(=O)N[C@@H](CC(=O)N2CCC[C@@H]2C2CCCCC2)C(=O)N[C@@H](C)C2NCC(CC3CCCCC3)N2)NO1. The molecular weight excluding hydrogens is 520 g/mol. The molecule has 4 unspecified atom stereocenters. The van der Waals surface area contributed by atoms with Crippen LogP contribution in [0, 0.1) is 11.8 Å². The molecule has 5 aliphatic rings. The number of hydrogen-bond donors (Lipinski definition) is 5. The summed E-state index contributed by atoms with van der Waals surface area (Å²) in [6.07, 6.45) is 16.4. The van der Waals surface area contributed by atoms with E-state index in [2.05, 4.69) is 26.7 Å². The third-order valence-electron chi connectivity index (χ3n) is 10.3. The number of nitrogens with zero attached hydrogens (tertiary/aromatic N) is 1. The fourth-order valence-corrected chi connectivity index (χ4v) is 8.02. The lowest BCUT2D eigenvalue weighted by molar-refractivity contribution is -0.138. The highest BCUT2D eigenvalue weighted by Gasteiger charge is 2.39. The van der Waals surface area contributed by atoms with E-state index in [-0.39, 0.29) is 48.5 Å². The Morgan fingerprint density at radius 1 is 0.951 bits per heavy atom. The fourth-order valence-electron chi connectivity index (χ4n) is 8.02. The van der Waals surface area contributed by atoms with Crippen molar-refractivity contribution in [3.05, 3.63) is 0 Å². The molecule has 3 aliphatic heterocycles. The summed E-state index contributed by atoms with van der Waals surface area (Å²) in [5.74, 6) is 0.708. The van der Waals surface area contributed by atoms with Gasteiger partial charge in [0, 0.05) is 31.6 Å². The number of carbonyl (C=O) groups is 3. The van der Waals surface area contributed by atoms with Crippen molar-refractivity contribution in [2.75, 3.05) is 13.1 Å². The number of hydrogen-bond acceptors (Lipinski definition) is 7. The van der Waals surface area contributed by atoms with Gasteiger partial charge < -0.3 is 15.5 Å². The van der Waals surface area contributed by atoms with E-state index in [0.29, 0.717) is 18.4 Å². The average molecular weight is 575 g/mol. The van der Waals surface area contributed by atoms with Crippen LogP contribution in [0.15, 0.2) is 0 Å². The second-order valence-electron chi connectivity index (χ2n) is 13.6. The zero-order valence-corrected chi connectivity index (χ0v) is 25.3. The fraction of sp³-hybridized carbons (Fsp3) is 0.903. The van der Waals surface area contributed by atoms with Crippen molar-refractivity contribution in [3.8, 4) is 0 Å². The number of amides is 3. The molecule has 5 N–H and O–H groups in total. The molecule has 0 aromatic carbocycles. The summed E-state index contributed by atoms with van der Waals surface area (Å²) in [4.78, 5) is 47.8. The summed E-state index contributed by atoms with van der Waals surface area (Å²) in [6, 6.07) is -0.986. The summed E-state index contributed by atoms with van der Waals surface area (Å²) < 4.78 is 0. The molecule has 2 saturated carbocycles. The van der Waals surface area contributed by atoms with E-state index in [1.807, 2.05) is 18.7 Å². The number of rotatable bonds is 10. The van der Waals surface area contributed by atoms with Gasteiger partial charge in [0.25, 0.3) is 0 Å². The van der Waals surface area contributed by atoms with Crippen LogP contribution in [-0.2, 0) is 19.2 Å². The van der Waals surface area contributed by atoms with Crippen molar-refractivity contribution in [1.29, 1.82) is 0 Å². The van der Waals surface area contributed by atoms with E-state index in [0.717, 1.165) is 31.8 Å². The van der Waals surface area contributed by atoms with Crippen LogP contribution >= 0.6 is 0 Å². The Kier molecular flexibility index (Phi) is 10.9. The van der Waals surface area contributed by atoms with Crippen LogP contribution in [0.25, 0.3) is 0 Å². The second kappa shape index (κ2) is 14.6. The Hall–Kier alpha value is -1.75. The molecule has 0 bridgehead atoms. The van der Waals surface area contributed by atoms with Crippen LogP contribution in [0.5, 0.6) is 0 Å². The molecule has 5 fully saturated rings. The van der Waals surface area contributed by atoms with Crippen molar-refractivity contribution in [2.45, 2.75) is 153 Å². The van der Waals surface area contributed by atoms with E-state index in [4.69, 9.17) is 4.84 Å². The van der Waals surface area contributed by atoms with Crippen LogP contribution in [0.3, 0.4) is 0 Å². The Balaban J connectivity index is 1.19. The molecular formula is C31H54N6O4. The van der Waals surface area contributed by atoms with Gasteiger partial charge in [0.15, 0.2) is 0 Å². The van der Waals surface area contributed by atoms with Crippen molar-refractivity contribution in [1.82, 2.24) is 31.6 Å². The molecule has 10 heteroatoms. The van der Waals surface area contributed by atoms with Crippen LogP contribution in [0.4, 0.5) is 0 Å². The number of nitrogens with one attached hydrogen (secondary N) is 5. The number of hydroxylamine groups is 1. The lowest BCUT2D eigenvalue weighted by Gasteiger charge is -2.35. The molecule has 232 valence electrons. The van der Waals surface area contributed by atoms with Crippen LogP contribution < -0.4 is 26.7 Å². The van der Waals surface area contributed by atoms with Crippen molar-refractivity contribution in [2.24, 2.45) is 11.8 Å². The van der Waals surface area contributed by atoms with Crippen LogP contribution in [-0.4, -0.2) is 78.2 Å². The molecule has 2 aliphatic carbocycles. The second-order valence-corrected chi connectivity index (χ2v) is 13.6. The Bertz CT molecular complexity index is 892. The maximum atomic E-state index is 13.7. The Morgan fingerprint density at radius 3 is 2.39 bits per heavy atom. The van der Waals surface area contributed by atoms with Crippen molar-refractivity contribution < 1.29 is 19.2 Å². The van der Waals surface area contributed by atoms with Gasteiger partial charge >= 0.3 is 0 Å². The molecule has 0 radical (unpaired) electrons. The summed E-state index contributed by atoms with van der Waals surface area (Å²) in [5.41, 5.74) is 2.77. The van der Waals surface area contributed by atoms with E-state index in [9.17, 15) is 14.4 Å². The molecule has 0 aromatic heterocycles. The van der Waals surface area contributed by atoms with E-state index in [1.54, 1.807) is 0 Å². The summed E-state index contributed by atoms with van der Waals surface area (Å²) in [5, 5.41) is 13.3. The summed E-state index contributed by atoms with van der Waals surface area (Å²) >= 11 is 0. The normalized spacial score (nSPS) is 33.0. The largest absolute Gasteiger partial charge is 0.349 e. The molecule has 3 heterocycles. The molecule has 41 heavy (non-hydrogen) atoms. The summed E-state index contributed by atoms with van der Waals surface area (Å²) in [6.45, 7) is 5.52. The first-order valence-corrected chi connectivity index (χ1v) is 16.7. The van der Waals surface area contributed by atoms with E-state index >= 15 is 0 Å². The smallest absolute Gasteiger partial charge is 0.243 e. The van der Waals surface area contributed by atoms with Gasteiger partial charge in [0.1, 0.15) is 12.1 Å². The molecule has 3 saturated heterocycles. The average Bonchev–Trinajstić information content (AvgIpc) is 3.75. The highest BCUT2D eigenvalue weighted by molar-refractivity contribution is 5.93. The van der Waals surface area contributed by atoms with Crippen LogP contribution in [0.2, 0.25) is 0 Å². The van der Waals surface area contributed by atoms with Crippen molar-refractivity contribution >= 4 is 17.7 Å². The standard InChI is InChI=1S/C31H54N6O4/c1-20-16-26(36-41-20)31(40)35-25(18-28(38)37-15-9-14-27(37)23-12-7-4-8-13-23)30(39)33-21(2)29-32-19-24(34-29)17-22-10-5-3-6-11-22/h20-27,29,32,34,36H,3-19H2,1-2H3,(H,33,39)(H,35,40)/t20?,21-,24?,25-,26?,27+,29?/m0/s1. The minimum absolute atomic E-state index is 0.0214. The van der Waals surface area contributed by atoms with Gasteiger partial charge in [0.2, 0.25) is 17.7 Å². The minimum Gasteiger partial charge on any atom is -0.349 e. The van der Waals surface area contributed by atoms with Gasteiger partial charge in [-0.3, -0.25) is 29.9 Å². The van der Waals surface area contributed by atoms with Gasteiger partial charge in [0.05, 0.1) is 24.7 Å². The monoisotopic (exact) mass is 574 g/mol. The zero-order valence-electron chi connectivity index (χ0n) is 25.3. The number of carbonyl (C=O) groups excluding carboxylic acids is 3. The molecule has 5 rings (SSSR count). The van der Waals surface area contributed by atoms with Gasteiger partial charge in [-0.25, -0.2) is 0 Å². The first-order valence-electron chi connectivity index (χ1n) is 16.7. The summed E-state index contributed by atoms with van der Waals surface area (Å²) in [7, 11) is 0. The quantitative estimate of drug-likeness (QED) is 0.272. The molecule has 3 amide bonds. The molecule has 7 atom stereocenters. The van der Waals surface area contributed by atoms with Gasteiger partial charge in [-0.15, -0.1) is 0 Å². The number of likely N-dealkylation sites (tertiary alicyclic amines) is 1. The topological polar surface area (TPSA) is 124 Å². The zero-order chi connectivity index (χ0) is 28.8. The Labute approximate surface area is 246 Å². The van der Waals surface area contributed by atoms with Crippen molar-refractivity contribution in [3.63, 3.8) is 0 Å². The highest BCUT2D eigenvalue weighted by atomic mass is 16.7. The third kappa shape index (κ3) is 8.21.